The van der Waals surface area contributed by atoms with Crippen molar-refractivity contribution in [1.29, 1.82) is 0 Å². The number of aliphatic hydroxyl groups excluding tert-OH is 1. The molecule has 0 aliphatic carbocycles. The summed E-state index contributed by atoms with van der Waals surface area (Å²) in [6.45, 7) is 5.94. The quantitative estimate of drug-likeness (QED) is 0.676. The monoisotopic (exact) mass is 178 g/mol. The van der Waals surface area contributed by atoms with Gasteiger partial charge >= 0.3 is 5.97 Å². The Morgan fingerprint density at radius 2 is 2.00 bits per heavy atom. The highest BCUT2D eigenvalue weighted by Crippen LogP contribution is 2.23. The molecule has 0 saturated heterocycles. The van der Waals surface area contributed by atoms with E-state index in [-0.39, 0.29) is 10.5 Å². The Morgan fingerprint density at radius 3 is 2.27 bits per heavy atom. The molecule has 0 fully saturated rings. The smallest absolute Gasteiger partial charge is 0.333 e. The van der Waals surface area contributed by atoms with Gasteiger partial charge in [-0.3, -0.25) is 0 Å². The zero-order valence-corrected chi connectivity index (χ0v) is 7.81. The fraction of sp³-hybridized carbons (Fsp3) is 0.857. The van der Waals surface area contributed by atoms with E-state index in [1.165, 1.54) is 11.8 Å². The van der Waals surface area contributed by atoms with Crippen LogP contribution in [0, 0.1) is 0 Å². The largest absolute Gasteiger partial charge is 0.479 e. The van der Waals surface area contributed by atoms with Crippen molar-refractivity contribution in [3.8, 4) is 0 Å². The number of thioether (sulfide) groups is 1. The summed E-state index contributed by atoms with van der Waals surface area (Å²) in [5, 5.41) is 17.2. The molecule has 0 aromatic rings. The molecule has 0 aliphatic rings. The molecular formula is C7H14O3S. The van der Waals surface area contributed by atoms with Crippen molar-refractivity contribution < 1.29 is 15.0 Å². The second-order valence-electron chi connectivity index (χ2n) is 3.28. The predicted octanol–water partition coefficient (Wildman–Crippen LogP) is 0.964. The van der Waals surface area contributed by atoms with Gasteiger partial charge in [-0.1, -0.05) is 20.8 Å². The minimum atomic E-state index is -1.24. The van der Waals surface area contributed by atoms with Crippen LogP contribution in [0.4, 0.5) is 0 Å². The van der Waals surface area contributed by atoms with Crippen LogP contribution in [-0.2, 0) is 4.79 Å². The topological polar surface area (TPSA) is 57.5 Å². The second-order valence-corrected chi connectivity index (χ2v) is 5.12. The van der Waals surface area contributed by atoms with Gasteiger partial charge in [0.2, 0.25) is 0 Å². The number of aliphatic carboxylic acids is 1. The summed E-state index contributed by atoms with van der Waals surface area (Å²) in [6.07, 6.45) is -1.24. The van der Waals surface area contributed by atoms with Crippen LogP contribution in [0.1, 0.15) is 20.8 Å². The Hall–Kier alpha value is -0.220. The maximum absolute atomic E-state index is 10.2. The van der Waals surface area contributed by atoms with E-state index in [1.807, 2.05) is 20.8 Å². The van der Waals surface area contributed by atoms with Gasteiger partial charge in [0.1, 0.15) is 0 Å². The van der Waals surface area contributed by atoms with Crippen molar-refractivity contribution in [2.24, 2.45) is 0 Å². The van der Waals surface area contributed by atoms with E-state index in [2.05, 4.69) is 0 Å². The van der Waals surface area contributed by atoms with E-state index < -0.39 is 12.1 Å². The van der Waals surface area contributed by atoms with E-state index in [9.17, 15) is 4.79 Å². The third-order valence-electron chi connectivity index (χ3n) is 0.959. The average molecular weight is 178 g/mol. The lowest BCUT2D eigenvalue weighted by Crippen LogP contribution is -2.24. The Labute approximate surface area is 70.8 Å². The number of hydrogen-bond donors (Lipinski definition) is 2. The molecule has 0 spiro atoms. The van der Waals surface area contributed by atoms with E-state index in [0.717, 1.165) is 0 Å². The molecule has 0 amide bonds. The van der Waals surface area contributed by atoms with Gasteiger partial charge in [0.05, 0.1) is 0 Å². The first-order valence-corrected chi connectivity index (χ1v) is 4.36. The van der Waals surface area contributed by atoms with Crippen LogP contribution in [0.5, 0.6) is 0 Å². The van der Waals surface area contributed by atoms with Crippen LogP contribution in [-0.4, -0.2) is 32.8 Å². The van der Waals surface area contributed by atoms with Crippen LogP contribution in [0.25, 0.3) is 0 Å². The summed E-state index contributed by atoms with van der Waals surface area (Å²) >= 11 is 1.44. The molecule has 0 aromatic heterocycles. The summed E-state index contributed by atoms with van der Waals surface area (Å²) in [5.41, 5.74) is 0. The first-order valence-electron chi connectivity index (χ1n) is 3.38. The third kappa shape index (κ3) is 6.19. The zero-order chi connectivity index (χ0) is 9.07. The molecule has 1 atom stereocenters. The number of carbonyl (C=O) groups is 1. The second kappa shape index (κ2) is 3.97. The van der Waals surface area contributed by atoms with Crippen LogP contribution in [0.15, 0.2) is 0 Å². The van der Waals surface area contributed by atoms with E-state index in [4.69, 9.17) is 10.2 Å². The van der Waals surface area contributed by atoms with Gasteiger partial charge in [-0.25, -0.2) is 4.79 Å². The average Bonchev–Trinajstić information content (AvgIpc) is 1.80. The molecular weight excluding hydrogens is 164 g/mol. The predicted molar refractivity (Wildman–Crippen MR) is 45.9 cm³/mol. The van der Waals surface area contributed by atoms with Crippen molar-refractivity contribution >= 4 is 17.7 Å². The van der Waals surface area contributed by atoms with Crippen molar-refractivity contribution in [3.63, 3.8) is 0 Å². The van der Waals surface area contributed by atoms with Gasteiger partial charge in [0.25, 0.3) is 0 Å². The normalized spacial score (nSPS) is 14.5. The first-order chi connectivity index (χ1) is 4.83. The summed E-state index contributed by atoms with van der Waals surface area (Å²) in [7, 11) is 0. The fourth-order valence-electron chi connectivity index (χ4n) is 0.400. The lowest BCUT2D eigenvalue weighted by molar-refractivity contribution is -0.145. The Balaban J connectivity index is 3.63. The van der Waals surface area contributed by atoms with Gasteiger partial charge in [-0.05, 0) is 0 Å². The first kappa shape index (κ1) is 10.8. The van der Waals surface area contributed by atoms with Crippen molar-refractivity contribution in [1.82, 2.24) is 0 Å². The molecule has 0 aromatic carbocycles. The molecule has 2 N–H and O–H groups in total. The van der Waals surface area contributed by atoms with Gasteiger partial charge in [-0.15, -0.1) is 0 Å². The van der Waals surface area contributed by atoms with Gasteiger partial charge < -0.3 is 10.2 Å². The van der Waals surface area contributed by atoms with Crippen molar-refractivity contribution in [2.75, 3.05) is 5.75 Å². The van der Waals surface area contributed by atoms with Crippen LogP contribution >= 0.6 is 11.8 Å². The molecule has 4 heteroatoms. The Kier molecular flexibility index (Phi) is 3.89. The molecule has 3 nitrogen and oxygen atoms in total. The maximum Gasteiger partial charge on any atom is 0.333 e. The number of hydrogen-bond acceptors (Lipinski definition) is 3. The summed E-state index contributed by atoms with van der Waals surface area (Å²) in [6, 6.07) is 0. The highest BCUT2D eigenvalue weighted by molar-refractivity contribution is 8.00. The fourth-order valence-corrected chi connectivity index (χ4v) is 1.20. The van der Waals surface area contributed by atoms with Gasteiger partial charge in [0.15, 0.2) is 6.10 Å². The summed E-state index contributed by atoms with van der Waals surface area (Å²) < 4.78 is 0.0103. The number of rotatable bonds is 3. The molecule has 0 bridgehead atoms. The molecule has 0 aliphatic heterocycles. The highest BCUT2D eigenvalue weighted by Gasteiger charge is 2.18. The summed E-state index contributed by atoms with van der Waals surface area (Å²) in [5.74, 6) is -0.902. The maximum atomic E-state index is 10.2. The molecule has 0 radical (unpaired) electrons. The lowest BCUT2D eigenvalue weighted by atomic mass is 10.3. The van der Waals surface area contributed by atoms with E-state index in [0.29, 0.717) is 0 Å². The lowest BCUT2D eigenvalue weighted by Gasteiger charge is -2.18. The van der Waals surface area contributed by atoms with Crippen LogP contribution in [0.3, 0.4) is 0 Å². The zero-order valence-electron chi connectivity index (χ0n) is 7.00. The van der Waals surface area contributed by atoms with Crippen molar-refractivity contribution in [2.45, 2.75) is 31.6 Å². The van der Waals surface area contributed by atoms with Crippen LogP contribution < -0.4 is 0 Å². The molecule has 0 unspecified atom stereocenters. The van der Waals surface area contributed by atoms with E-state index >= 15 is 0 Å². The SMILES string of the molecule is CC(C)(C)SC[C@@H](O)C(=O)O. The van der Waals surface area contributed by atoms with E-state index in [1.54, 1.807) is 0 Å². The van der Waals surface area contributed by atoms with Gasteiger partial charge in [-0.2, -0.15) is 11.8 Å². The Bertz CT molecular complexity index is 139. The van der Waals surface area contributed by atoms with Crippen LogP contribution in [0.2, 0.25) is 0 Å². The molecule has 11 heavy (non-hydrogen) atoms. The Morgan fingerprint density at radius 1 is 1.55 bits per heavy atom. The number of carboxylic acid groups (broad SMARTS) is 1. The molecule has 0 heterocycles. The van der Waals surface area contributed by atoms with Crippen molar-refractivity contribution in [3.05, 3.63) is 0 Å². The standard InChI is InChI=1S/C7H14O3S/c1-7(2,3)11-4-5(8)6(9)10/h5,8H,4H2,1-3H3,(H,9,10)/t5-/m1/s1. The van der Waals surface area contributed by atoms with Gasteiger partial charge in [0, 0.05) is 10.5 Å². The minimum absolute atomic E-state index is 0.0103. The number of carboxylic acids is 1. The third-order valence-corrected chi connectivity index (χ3v) is 2.31. The number of aliphatic hydroxyl groups is 1. The molecule has 0 saturated carbocycles. The molecule has 66 valence electrons. The minimum Gasteiger partial charge on any atom is -0.479 e. The highest BCUT2D eigenvalue weighted by atomic mass is 32.2. The molecule has 0 rings (SSSR count). The summed E-state index contributed by atoms with van der Waals surface area (Å²) in [4.78, 5) is 10.2.